The molecule has 3 rings (SSSR count). The van der Waals surface area contributed by atoms with Crippen molar-refractivity contribution in [3.05, 3.63) is 40.2 Å². The Morgan fingerprint density at radius 1 is 1.24 bits per heavy atom. The molecule has 1 aromatic carbocycles. The molecule has 0 aliphatic heterocycles. The number of nitrogens with one attached hydrogen (secondary N) is 2. The first kappa shape index (κ1) is 17.6. The fraction of sp³-hybridized carbons (Fsp3) is 0.235. The quantitative estimate of drug-likeness (QED) is 0.584. The average molecular weight is 421 g/mol. The van der Waals surface area contributed by atoms with Crippen LogP contribution in [0, 0.1) is 0 Å². The second-order valence-corrected chi connectivity index (χ2v) is 8.15. The van der Waals surface area contributed by atoms with Crippen molar-refractivity contribution in [3.8, 4) is 10.7 Å². The first-order valence-electron chi connectivity index (χ1n) is 7.58. The highest BCUT2D eigenvalue weighted by atomic mass is 79.9. The number of carbonyl (C=O) groups is 1. The minimum absolute atomic E-state index is 0.501. The smallest absolute Gasteiger partial charge is 0.426 e. The van der Waals surface area contributed by atoms with E-state index in [1.807, 2.05) is 35.7 Å². The zero-order valence-electron chi connectivity index (χ0n) is 14.0. The molecule has 130 valence electrons. The van der Waals surface area contributed by atoms with E-state index in [0.717, 1.165) is 20.3 Å². The Balaban J connectivity index is 1.94. The van der Waals surface area contributed by atoms with E-state index in [9.17, 15) is 4.79 Å². The van der Waals surface area contributed by atoms with Gasteiger partial charge in [0.1, 0.15) is 5.60 Å². The number of anilines is 1. The number of nitrogens with zero attached hydrogens (tertiary/aromatic N) is 2. The van der Waals surface area contributed by atoms with E-state index in [2.05, 4.69) is 36.7 Å². The molecule has 25 heavy (non-hydrogen) atoms. The monoisotopic (exact) mass is 420 g/mol. The highest BCUT2D eigenvalue weighted by molar-refractivity contribution is 9.10. The molecule has 2 aromatic heterocycles. The predicted octanol–water partition coefficient (Wildman–Crippen LogP) is 4.97. The molecule has 1 amide bonds. The van der Waals surface area contributed by atoms with Crippen molar-refractivity contribution in [1.29, 1.82) is 0 Å². The molecule has 0 spiro atoms. The summed E-state index contributed by atoms with van der Waals surface area (Å²) in [6.07, 6.45) is -0.577. The first-order valence-corrected chi connectivity index (χ1v) is 9.25. The van der Waals surface area contributed by atoms with E-state index in [4.69, 9.17) is 4.74 Å². The van der Waals surface area contributed by atoms with Gasteiger partial charge in [-0.2, -0.15) is 0 Å². The number of halogens is 1. The van der Waals surface area contributed by atoms with Gasteiger partial charge in [-0.15, -0.1) is 11.3 Å². The number of rotatable bonds is 3. The molecule has 0 bridgehead atoms. The second kappa shape index (κ2) is 6.97. The molecule has 0 atom stereocenters. The summed E-state index contributed by atoms with van der Waals surface area (Å²) in [5, 5.41) is 2.75. The van der Waals surface area contributed by atoms with E-state index < -0.39 is 11.7 Å². The molecular weight excluding hydrogens is 404 g/mol. The van der Waals surface area contributed by atoms with Gasteiger partial charge in [0, 0.05) is 9.86 Å². The molecule has 6 nitrogen and oxygen atoms in total. The number of ether oxygens (including phenoxy) is 1. The zero-order valence-corrected chi connectivity index (χ0v) is 16.4. The third-order valence-electron chi connectivity index (χ3n) is 3.08. The van der Waals surface area contributed by atoms with Crippen LogP contribution in [0.3, 0.4) is 0 Å². The molecule has 0 saturated heterocycles. The van der Waals surface area contributed by atoms with E-state index in [1.165, 1.54) is 0 Å². The molecule has 3 aromatic rings. The number of carbonyl (C=O) groups excluding carboxylic acids is 1. The maximum absolute atomic E-state index is 11.9. The molecule has 0 radical (unpaired) electrons. The summed E-state index contributed by atoms with van der Waals surface area (Å²) < 4.78 is 6.13. The van der Waals surface area contributed by atoms with Crippen LogP contribution < -0.4 is 10.9 Å². The Labute approximate surface area is 157 Å². The van der Waals surface area contributed by atoms with E-state index in [-0.39, 0.29) is 0 Å². The molecule has 0 fully saturated rings. The SMILES string of the molecule is CC(C)(C)OC(=O)NNc1nc(-c2cccs2)nc2ccc(Br)cc12. The summed E-state index contributed by atoms with van der Waals surface area (Å²) in [6.45, 7) is 5.41. The number of hydrazine groups is 1. The minimum Gasteiger partial charge on any atom is -0.443 e. The van der Waals surface area contributed by atoms with Gasteiger partial charge < -0.3 is 4.74 Å². The molecule has 2 N–H and O–H groups in total. The van der Waals surface area contributed by atoms with Gasteiger partial charge in [-0.05, 0) is 50.4 Å². The van der Waals surface area contributed by atoms with E-state index >= 15 is 0 Å². The maximum atomic E-state index is 11.9. The van der Waals surface area contributed by atoms with Crippen LogP contribution in [0.2, 0.25) is 0 Å². The predicted molar refractivity (Wildman–Crippen MR) is 104 cm³/mol. The first-order chi connectivity index (χ1) is 11.8. The van der Waals surface area contributed by atoms with Crippen LogP contribution in [0.1, 0.15) is 20.8 Å². The topological polar surface area (TPSA) is 76.1 Å². The number of aromatic nitrogens is 2. The standard InChI is InChI=1S/C17H17BrN4O2S/c1-17(2,3)24-16(23)22-21-14-11-9-10(18)6-7-12(11)19-15(20-14)13-5-4-8-25-13/h4-9H,1-3H3,(H,22,23)(H,19,20,21). The third-order valence-corrected chi connectivity index (χ3v) is 4.44. The fourth-order valence-electron chi connectivity index (χ4n) is 2.13. The Morgan fingerprint density at radius 2 is 2.04 bits per heavy atom. The van der Waals surface area contributed by atoms with Crippen LogP contribution >= 0.6 is 27.3 Å². The molecule has 0 aliphatic rings. The Morgan fingerprint density at radius 3 is 2.72 bits per heavy atom. The van der Waals surface area contributed by atoms with Crippen LogP contribution in [0.4, 0.5) is 10.6 Å². The second-order valence-electron chi connectivity index (χ2n) is 6.29. The normalized spacial score (nSPS) is 11.4. The van der Waals surface area contributed by atoms with Gasteiger partial charge >= 0.3 is 6.09 Å². The molecule has 8 heteroatoms. The molecule has 0 saturated carbocycles. The summed E-state index contributed by atoms with van der Waals surface area (Å²) in [7, 11) is 0. The molecule has 2 heterocycles. The van der Waals surface area contributed by atoms with Crippen molar-refractivity contribution in [2.75, 3.05) is 5.43 Å². The Kier molecular flexibility index (Phi) is 4.91. The lowest BCUT2D eigenvalue weighted by atomic mass is 10.2. The lowest BCUT2D eigenvalue weighted by Gasteiger charge is -2.20. The zero-order chi connectivity index (χ0) is 18.0. The average Bonchev–Trinajstić information content (AvgIpc) is 3.05. The van der Waals surface area contributed by atoms with Crippen molar-refractivity contribution in [1.82, 2.24) is 15.4 Å². The van der Waals surface area contributed by atoms with Crippen LogP contribution in [0.5, 0.6) is 0 Å². The number of thiophene rings is 1. The molecule has 0 aliphatic carbocycles. The minimum atomic E-state index is -0.579. The summed E-state index contributed by atoms with van der Waals surface area (Å²) >= 11 is 5.00. The van der Waals surface area contributed by atoms with Gasteiger partial charge in [0.2, 0.25) is 0 Å². The van der Waals surface area contributed by atoms with E-state index in [1.54, 1.807) is 32.1 Å². The van der Waals surface area contributed by atoms with Gasteiger partial charge in [-0.3, -0.25) is 5.43 Å². The fourth-order valence-corrected chi connectivity index (χ4v) is 3.14. The van der Waals surface area contributed by atoms with E-state index in [0.29, 0.717) is 11.6 Å². The van der Waals surface area contributed by atoms with Gasteiger partial charge in [-0.25, -0.2) is 20.2 Å². The van der Waals surface area contributed by atoms with Gasteiger partial charge in [0.15, 0.2) is 11.6 Å². The number of fused-ring (bicyclic) bond motifs is 1. The number of hydrogen-bond donors (Lipinski definition) is 2. The van der Waals surface area contributed by atoms with Crippen LogP contribution in [-0.4, -0.2) is 21.7 Å². The number of benzene rings is 1. The lowest BCUT2D eigenvalue weighted by Crippen LogP contribution is -2.36. The highest BCUT2D eigenvalue weighted by Gasteiger charge is 2.17. The Hall–Kier alpha value is -2.19. The van der Waals surface area contributed by atoms with Crippen LogP contribution in [0.25, 0.3) is 21.6 Å². The van der Waals surface area contributed by atoms with Gasteiger partial charge in [0.05, 0.1) is 10.4 Å². The lowest BCUT2D eigenvalue weighted by molar-refractivity contribution is 0.0541. The third kappa shape index (κ3) is 4.46. The van der Waals surface area contributed by atoms with Gasteiger partial charge in [-0.1, -0.05) is 22.0 Å². The number of amides is 1. The molecular formula is C17H17BrN4O2S. The summed E-state index contributed by atoms with van der Waals surface area (Å²) in [5.74, 6) is 1.10. The largest absolute Gasteiger partial charge is 0.443 e. The summed E-state index contributed by atoms with van der Waals surface area (Å²) in [6, 6.07) is 9.61. The van der Waals surface area contributed by atoms with Crippen molar-refractivity contribution in [2.45, 2.75) is 26.4 Å². The number of hydrogen-bond acceptors (Lipinski definition) is 6. The maximum Gasteiger partial charge on any atom is 0.426 e. The Bertz CT molecular complexity index is 907. The van der Waals surface area contributed by atoms with Crippen LogP contribution in [0.15, 0.2) is 40.2 Å². The van der Waals surface area contributed by atoms with Crippen LogP contribution in [-0.2, 0) is 4.74 Å². The van der Waals surface area contributed by atoms with Crippen molar-refractivity contribution < 1.29 is 9.53 Å². The van der Waals surface area contributed by atoms with Crippen molar-refractivity contribution in [2.24, 2.45) is 0 Å². The summed E-state index contributed by atoms with van der Waals surface area (Å²) in [5.41, 5.74) is 5.57. The van der Waals surface area contributed by atoms with Crippen molar-refractivity contribution in [3.63, 3.8) is 0 Å². The van der Waals surface area contributed by atoms with Gasteiger partial charge in [0.25, 0.3) is 0 Å². The molecule has 0 unspecified atom stereocenters. The van der Waals surface area contributed by atoms with Crippen molar-refractivity contribution >= 4 is 50.1 Å². The summed E-state index contributed by atoms with van der Waals surface area (Å²) in [4.78, 5) is 22.0. The highest BCUT2D eigenvalue weighted by Crippen LogP contribution is 2.29.